The van der Waals surface area contributed by atoms with E-state index in [4.69, 9.17) is 16.6 Å². The number of aromatic nitrogens is 2. The summed E-state index contributed by atoms with van der Waals surface area (Å²) in [6.07, 6.45) is 6.20. The third-order valence-corrected chi connectivity index (χ3v) is 14.5. The molecule has 8 aromatic carbocycles. The van der Waals surface area contributed by atoms with E-state index in [1.165, 1.54) is 44.8 Å². The zero-order chi connectivity index (χ0) is 51.3. The maximum atomic E-state index is 8.78. The van der Waals surface area contributed by atoms with Crippen LogP contribution in [0.15, 0.2) is 194 Å². The number of benzene rings is 8. The lowest BCUT2D eigenvalue weighted by molar-refractivity contribution is 0.483. The summed E-state index contributed by atoms with van der Waals surface area (Å²) in [7, 11) is 0. The second kappa shape index (κ2) is 16.8. The first-order valence-electron chi connectivity index (χ1n) is 27.0. The number of hydrogen-bond donors (Lipinski definition) is 0. The molecule has 0 saturated heterocycles. The molecule has 0 aliphatic carbocycles. The molecule has 0 atom stereocenters. The van der Waals surface area contributed by atoms with E-state index >= 15 is 0 Å². The van der Waals surface area contributed by atoms with Crippen LogP contribution < -0.4 is 19.4 Å². The van der Waals surface area contributed by atoms with E-state index in [0.717, 1.165) is 89.0 Å². The van der Waals surface area contributed by atoms with Crippen LogP contribution in [0.5, 0.6) is 11.5 Å². The predicted molar refractivity (Wildman–Crippen MR) is 291 cm³/mol. The number of anilines is 5. The molecule has 3 aliphatic heterocycles. The number of hydrogen-bond acceptors (Lipinski definition) is 5. The van der Waals surface area contributed by atoms with Gasteiger partial charge in [-0.25, -0.2) is 4.98 Å². The van der Waals surface area contributed by atoms with Gasteiger partial charge in [-0.15, -0.1) is 0 Å². The molecule has 0 amide bonds. The van der Waals surface area contributed by atoms with Crippen LogP contribution in [0.2, 0.25) is 0 Å². The second-order valence-electron chi connectivity index (χ2n) is 19.8. The first kappa shape index (κ1) is 36.9. The number of para-hydroxylation sites is 2. The SMILES string of the molecule is [2H]c1c([2H])c([2H])c(-c2ccc3c(c2)c2ccc(Oc4cccc(N5CN(c6c(-c7ccccc7)c7c8c(c6-c6ccccc6)CCCN8CCC7)c6ccccc65)c4)cc2n3-c2cc(C(C)(C)C)ccn2)c([2H])c1[2H]. The Morgan fingerprint density at radius 2 is 1.21 bits per heavy atom. The minimum absolute atomic E-state index is 0.135. The Hall–Kier alpha value is -8.09. The molecular formula is C64H55N5O. The van der Waals surface area contributed by atoms with Crippen LogP contribution in [0.25, 0.3) is 61.0 Å². The minimum atomic E-state index is -0.415. The van der Waals surface area contributed by atoms with Crippen LogP contribution in [0, 0.1) is 0 Å². The van der Waals surface area contributed by atoms with Gasteiger partial charge in [0.15, 0.2) is 0 Å². The Labute approximate surface area is 417 Å². The molecule has 0 bridgehead atoms. The van der Waals surface area contributed by atoms with Crippen LogP contribution in [0.4, 0.5) is 28.4 Å². The Balaban J connectivity index is 0.921. The Kier molecular flexibility index (Phi) is 8.88. The second-order valence-corrected chi connectivity index (χ2v) is 19.8. The van der Waals surface area contributed by atoms with E-state index in [1.54, 1.807) is 0 Å². The highest BCUT2D eigenvalue weighted by Gasteiger charge is 2.37. The molecule has 0 radical (unpaired) electrons. The van der Waals surface area contributed by atoms with Crippen LogP contribution in [-0.4, -0.2) is 29.3 Å². The molecule has 0 N–H and O–H groups in total. The van der Waals surface area contributed by atoms with Gasteiger partial charge in [-0.05, 0) is 131 Å². The van der Waals surface area contributed by atoms with Gasteiger partial charge in [0.1, 0.15) is 24.0 Å². The zero-order valence-corrected chi connectivity index (χ0v) is 39.7. The van der Waals surface area contributed by atoms with Crippen molar-refractivity contribution < 1.29 is 11.6 Å². The molecule has 5 heterocycles. The van der Waals surface area contributed by atoms with Crippen LogP contribution in [0.3, 0.4) is 0 Å². The number of nitrogens with zero attached hydrogens (tertiary/aromatic N) is 5. The largest absolute Gasteiger partial charge is 0.457 e. The van der Waals surface area contributed by atoms with Crippen molar-refractivity contribution in [1.29, 1.82) is 0 Å². The topological polar surface area (TPSA) is 36.8 Å². The van der Waals surface area contributed by atoms with Gasteiger partial charge in [-0.3, -0.25) is 4.57 Å². The van der Waals surface area contributed by atoms with Crippen LogP contribution in [0.1, 0.15) is 57.2 Å². The number of ether oxygens (including phenoxy) is 1. The van der Waals surface area contributed by atoms with Gasteiger partial charge in [-0.2, -0.15) is 0 Å². The summed E-state index contributed by atoms with van der Waals surface area (Å²) in [5.74, 6) is 2.07. The van der Waals surface area contributed by atoms with Crippen LogP contribution in [-0.2, 0) is 18.3 Å². The first-order valence-corrected chi connectivity index (χ1v) is 24.5. The summed E-state index contributed by atoms with van der Waals surface area (Å²) in [4.78, 5) is 12.6. The maximum absolute atomic E-state index is 8.78. The number of fused-ring (bicyclic) bond motifs is 4. The fourth-order valence-corrected chi connectivity index (χ4v) is 11.4. The Morgan fingerprint density at radius 3 is 1.91 bits per heavy atom. The molecule has 0 unspecified atom stereocenters. The number of rotatable bonds is 8. The lowest BCUT2D eigenvalue weighted by Crippen LogP contribution is -2.36. The summed E-state index contributed by atoms with van der Waals surface area (Å²) < 4.78 is 51.6. The molecule has 6 nitrogen and oxygen atoms in total. The molecule has 10 aromatic rings. The monoisotopic (exact) mass is 914 g/mol. The smallest absolute Gasteiger partial charge is 0.137 e. The third-order valence-electron chi connectivity index (χ3n) is 14.5. The standard InChI is InChI=1S/C64H55N5O/c1-64(2,3)47-34-35-65-59(39-47)69-55-33-30-46(43-18-7-4-8-19-43)38-54(55)51-32-31-50(41-58(51)69)70-49-25-15-24-48(40-49)67-42-68(57-29-14-13-28-56(57)67)63-60(44-20-9-5-10-21-44)52-26-16-36-66-37-17-27-53(62(52)66)61(63)45-22-11-6-12-23-45/h4-15,18-25,28-35,38-41H,16-17,26-27,36-37,42H2,1-3H3/i4D,7D,8D,18D,19D. The van der Waals surface area contributed by atoms with E-state index in [2.05, 4.69) is 149 Å². The molecule has 13 rings (SSSR count). The van der Waals surface area contributed by atoms with Gasteiger partial charge in [0.2, 0.25) is 0 Å². The van der Waals surface area contributed by atoms with Crippen molar-refractivity contribution >= 4 is 50.2 Å². The van der Waals surface area contributed by atoms with Crippen molar-refractivity contribution in [3.8, 4) is 50.7 Å². The normalized spacial score (nSPS) is 15.3. The fourth-order valence-electron chi connectivity index (χ4n) is 11.4. The summed E-state index contributed by atoms with van der Waals surface area (Å²) >= 11 is 0. The molecule has 2 aromatic heterocycles. The predicted octanol–water partition coefficient (Wildman–Crippen LogP) is 16.2. The summed E-state index contributed by atoms with van der Waals surface area (Å²) in [5, 5.41) is 1.76. The molecule has 6 heteroatoms. The van der Waals surface area contributed by atoms with Gasteiger partial charge >= 0.3 is 0 Å². The van der Waals surface area contributed by atoms with Crippen LogP contribution >= 0.6 is 0 Å². The molecular weight excluding hydrogens is 855 g/mol. The van der Waals surface area contributed by atoms with Gasteiger partial charge in [0, 0.05) is 64.7 Å². The minimum Gasteiger partial charge on any atom is -0.457 e. The number of pyridine rings is 1. The van der Waals surface area contributed by atoms with E-state index < -0.39 is 6.04 Å². The quantitative estimate of drug-likeness (QED) is 0.152. The molecule has 342 valence electrons. The fraction of sp³-hybridized carbons (Fsp3) is 0.172. The molecule has 0 fully saturated rings. The van der Waals surface area contributed by atoms with E-state index in [0.29, 0.717) is 23.7 Å². The average molecular weight is 915 g/mol. The molecule has 70 heavy (non-hydrogen) atoms. The highest BCUT2D eigenvalue weighted by atomic mass is 16.5. The molecule has 3 aliphatic rings. The average Bonchev–Trinajstić information content (AvgIpc) is 4.05. The van der Waals surface area contributed by atoms with Crippen molar-refractivity contribution in [2.24, 2.45) is 0 Å². The van der Waals surface area contributed by atoms with Crippen molar-refractivity contribution in [1.82, 2.24) is 9.55 Å². The highest BCUT2D eigenvalue weighted by Crippen LogP contribution is 2.56. The van der Waals surface area contributed by atoms with Crippen molar-refractivity contribution in [2.75, 3.05) is 34.5 Å². The molecule has 0 saturated carbocycles. The highest BCUT2D eigenvalue weighted by molar-refractivity contribution is 6.11. The molecule has 0 spiro atoms. The first-order chi connectivity index (χ1) is 36.4. The Bertz CT molecular complexity index is 3820. The van der Waals surface area contributed by atoms with E-state index in [9.17, 15) is 0 Å². The third kappa shape index (κ3) is 7.12. The van der Waals surface area contributed by atoms with Gasteiger partial charge in [-0.1, -0.05) is 136 Å². The summed E-state index contributed by atoms with van der Waals surface area (Å²) in [6, 6.07) is 53.6. The van der Waals surface area contributed by atoms with E-state index in [-0.39, 0.29) is 35.1 Å². The summed E-state index contributed by atoms with van der Waals surface area (Å²) in [6.45, 7) is 9.34. The van der Waals surface area contributed by atoms with Gasteiger partial charge < -0.3 is 19.4 Å². The van der Waals surface area contributed by atoms with Crippen molar-refractivity contribution in [3.63, 3.8) is 0 Å². The van der Waals surface area contributed by atoms with Crippen molar-refractivity contribution in [2.45, 2.75) is 51.9 Å². The van der Waals surface area contributed by atoms with E-state index in [1.807, 2.05) is 54.7 Å². The lowest BCUT2D eigenvalue weighted by Gasteiger charge is -2.41. The van der Waals surface area contributed by atoms with Gasteiger partial charge in [0.25, 0.3) is 0 Å². The van der Waals surface area contributed by atoms with Crippen molar-refractivity contribution in [3.05, 3.63) is 211 Å². The lowest BCUT2D eigenvalue weighted by atomic mass is 9.80. The zero-order valence-electron chi connectivity index (χ0n) is 44.7. The maximum Gasteiger partial charge on any atom is 0.137 e. The summed E-state index contributed by atoms with van der Waals surface area (Å²) in [5.41, 5.74) is 17.5. The van der Waals surface area contributed by atoms with Gasteiger partial charge in [0.05, 0.1) is 34.9 Å². The Morgan fingerprint density at radius 1 is 0.543 bits per heavy atom.